The molecule has 1 N–H and O–H groups in total. The number of hydrogen-bond acceptors (Lipinski definition) is 2. The van der Waals surface area contributed by atoms with Gasteiger partial charge in [0.1, 0.15) is 12.4 Å². The van der Waals surface area contributed by atoms with Crippen LogP contribution in [0, 0.1) is 6.92 Å². The number of rotatable bonds is 6. The van der Waals surface area contributed by atoms with Gasteiger partial charge in [-0.25, -0.2) is 4.79 Å². The quantitative estimate of drug-likeness (QED) is 0.822. The maximum Gasteiger partial charge on any atom is 0.328 e. The Labute approximate surface area is 117 Å². The zero-order chi connectivity index (χ0) is 14.4. The van der Waals surface area contributed by atoms with E-state index in [4.69, 9.17) is 9.84 Å². The SMILES string of the molecule is Cc1cccc(OCCn2cccc2/C=C/C(=O)O)c1. The molecule has 0 aliphatic carbocycles. The zero-order valence-corrected chi connectivity index (χ0v) is 11.3. The molecule has 0 atom stereocenters. The number of hydrogen-bond donors (Lipinski definition) is 1. The number of nitrogens with zero attached hydrogens (tertiary/aromatic N) is 1. The average Bonchev–Trinajstić information content (AvgIpc) is 2.84. The van der Waals surface area contributed by atoms with Crippen molar-refractivity contribution in [1.82, 2.24) is 4.57 Å². The van der Waals surface area contributed by atoms with Gasteiger partial charge in [-0.1, -0.05) is 12.1 Å². The van der Waals surface area contributed by atoms with E-state index in [-0.39, 0.29) is 0 Å². The van der Waals surface area contributed by atoms with Gasteiger partial charge in [0.15, 0.2) is 0 Å². The fourth-order valence-corrected chi connectivity index (χ4v) is 1.91. The van der Waals surface area contributed by atoms with Crippen LogP contribution < -0.4 is 4.74 Å². The average molecular weight is 271 g/mol. The minimum atomic E-state index is -0.950. The third kappa shape index (κ3) is 4.02. The Hall–Kier alpha value is -2.49. The van der Waals surface area contributed by atoms with E-state index in [9.17, 15) is 4.79 Å². The van der Waals surface area contributed by atoms with Crippen molar-refractivity contribution in [2.75, 3.05) is 6.61 Å². The van der Waals surface area contributed by atoms with Crippen molar-refractivity contribution in [1.29, 1.82) is 0 Å². The minimum absolute atomic E-state index is 0.534. The van der Waals surface area contributed by atoms with Gasteiger partial charge in [-0.15, -0.1) is 0 Å². The fraction of sp³-hybridized carbons (Fsp3) is 0.188. The van der Waals surface area contributed by atoms with E-state index in [1.165, 1.54) is 0 Å². The summed E-state index contributed by atoms with van der Waals surface area (Å²) in [6.07, 6.45) is 4.61. The van der Waals surface area contributed by atoms with Gasteiger partial charge in [-0.05, 0) is 42.8 Å². The van der Waals surface area contributed by atoms with Crippen LogP contribution in [0.15, 0.2) is 48.7 Å². The molecule has 1 aromatic carbocycles. The van der Waals surface area contributed by atoms with E-state index in [0.717, 1.165) is 23.1 Å². The third-order valence-electron chi connectivity index (χ3n) is 2.85. The summed E-state index contributed by atoms with van der Waals surface area (Å²) in [5, 5.41) is 8.63. The number of aryl methyl sites for hydroxylation is 1. The van der Waals surface area contributed by atoms with Crippen molar-refractivity contribution in [2.24, 2.45) is 0 Å². The van der Waals surface area contributed by atoms with Crippen molar-refractivity contribution in [3.8, 4) is 5.75 Å². The molecule has 2 aromatic rings. The summed E-state index contributed by atoms with van der Waals surface area (Å²) in [5.74, 6) is -0.103. The van der Waals surface area contributed by atoms with Crippen molar-refractivity contribution < 1.29 is 14.6 Å². The van der Waals surface area contributed by atoms with Crippen LogP contribution in [-0.4, -0.2) is 22.2 Å². The Morgan fingerprint density at radius 3 is 2.95 bits per heavy atom. The lowest BCUT2D eigenvalue weighted by Crippen LogP contribution is -2.08. The van der Waals surface area contributed by atoms with Gasteiger partial charge in [0.25, 0.3) is 0 Å². The smallest absolute Gasteiger partial charge is 0.328 e. The summed E-state index contributed by atoms with van der Waals surface area (Å²) in [7, 11) is 0. The van der Waals surface area contributed by atoms with Crippen molar-refractivity contribution >= 4 is 12.0 Å². The van der Waals surface area contributed by atoms with E-state index in [1.54, 1.807) is 6.08 Å². The Morgan fingerprint density at radius 1 is 1.35 bits per heavy atom. The van der Waals surface area contributed by atoms with Gasteiger partial charge in [0, 0.05) is 18.0 Å². The molecule has 0 radical (unpaired) electrons. The highest BCUT2D eigenvalue weighted by atomic mass is 16.5. The predicted molar refractivity (Wildman–Crippen MR) is 77.8 cm³/mol. The molecule has 0 saturated carbocycles. The van der Waals surface area contributed by atoms with Crippen LogP contribution in [0.4, 0.5) is 0 Å². The van der Waals surface area contributed by atoms with Gasteiger partial charge in [0.05, 0.1) is 6.54 Å². The van der Waals surface area contributed by atoms with E-state index < -0.39 is 5.97 Å². The molecule has 1 heterocycles. The van der Waals surface area contributed by atoms with Crippen LogP contribution in [0.1, 0.15) is 11.3 Å². The molecule has 0 aliphatic rings. The highest BCUT2D eigenvalue weighted by Crippen LogP contribution is 2.12. The first-order valence-corrected chi connectivity index (χ1v) is 6.41. The summed E-state index contributed by atoms with van der Waals surface area (Å²) in [4.78, 5) is 10.5. The number of carbonyl (C=O) groups is 1. The van der Waals surface area contributed by atoms with E-state index in [1.807, 2.05) is 54.1 Å². The molecule has 0 unspecified atom stereocenters. The monoisotopic (exact) mass is 271 g/mol. The highest BCUT2D eigenvalue weighted by Gasteiger charge is 1.99. The fourth-order valence-electron chi connectivity index (χ4n) is 1.91. The number of carboxylic acid groups (broad SMARTS) is 1. The normalized spacial score (nSPS) is 10.8. The second kappa shape index (κ2) is 6.61. The van der Waals surface area contributed by atoms with Crippen molar-refractivity contribution in [3.63, 3.8) is 0 Å². The maximum atomic E-state index is 10.5. The van der Waals surface area contributed by atoms with Crippen molar-refractivity contribution in [2.45, 2.75) is 13.5 Å². The lowest BCUT2D eigenvalue weighted by atomic mass is 10.2. The molecule has 0 bridgehead atoms. The first kappa shape index (κ1) is 13.9. The minimum Gasteiger partial charge on any atom is -0.492 e. The number of aliphatic carboxylic acids is 1. The first-order chi connectivity index (χ1) is 9.65. The highest BCUT2D eigenvalue weighted by molar-refractivity contribution is 5.84. The summed E-state index contributed by atoms with van der Waals surface area (Å²) >= 11 is 0. The largest absolute Gasteiger partial charge is 0.492 e. The summed E-state index contributed by atoms with van der Waals surface area (Å²) in [5.41, 5.74) is 2.01. The molecular formula is C16H17NO3. The number of ether oxygens (including phenoxy) is 1. The molecule has 1 aromatic heterocycles. The lowest BCUT2D eigenvalue weighted by molar-refractivity contribution is -0.131. The molecule has 4 nitrogen and oxygen atoms in total. The first-order valence-electron chi connectivity index (χ1n) is 6.41. The topological polar surface area (TPSA) is 51.5 Å². The second-order valence-corrected chi connectivity index (χ2v) is 4.46. The number of benzene rings is 1. The Kier molecular flexibility index (Phi) is 4.60. The van der Waals surface area contributed by atoms with E-state index >= 15 is 0 Å². The van der Waals surface area contributed by atoms with Gasteiger partial charge in [0.2, 0.25) is 0 Å². The van der Waals surface area contributed by atoms with Crippen LogP contribution in [0.5, 0.6) is 5.75 Å². The van der Waals surface area contributed by atoms with Gasteiger partial charge >= 0.3 is 5.97 Å². The molecule has 0 aliphatic heterocycles. The lowest BCUT2D eigenvalue weighted by Gasteiger charge is -2.09. The van der Waals surface area contributed by atoms with Crippen LogP contribution in [-0.2, 0) is 11.3 Å². The van der Waals surface area contributed by atoms with Crippen molar-refractivity contribution in [3.05, 3.63) is 59.9 Å². The summed E-state index contributed by atoms with van der Waals surface area (Å²) in [6, 6.07) is 11.6. The van der Waals surface area contributed by atoms with Gasteiger partial charge in [-0.2, -0.15) is 0 Å². The van der Waals surface area contributed by atoms with E-state index in [0.29, 0.717) is 13.2 Å². The summed E-state index contributed by atoms with van der Waals surface area (Å²) < 4.78 is 7.63. The number of aromatic nitrogens is 1. The maximum absolute atomic E-state index is 10.5. The molecule has 20 heavy (non-hydrogen) atoms. The van der Waals surface area contributed by atoms with Crippen LogP contribution in [0.25, 0.3) is 6.08 Å². The molecule has 0 amide bonds. The molecule has 104 valence electrons. The third-order valence-corrected chi connectivity index (χ3v) is 2.85. The molecule has 0 saturated heterocycles. The van der Waals surface area contributed by atoms with Crippen LogP contribution >= 0.6 is 0 Å². The summed E-state index contributed by atoms with van der Waals surface area (Å²) in [6.45, 7) is 3.22. The van der Waals surface area contributed by atoms with E-state index in [2.05, 4.69) is 0 Å². The molecule has 0 fully saturated rings. The number of carboxylic acids is 1. The van der Waals surface area contributed by atoms with Crippen LogP contribution in [0.2, 0.25) is 0 Å². The molecule has 4 heteroatoms. The Balaban J connectivity index is 1.91. The Morgan fingerprint density at radius 2 is 2.20 bits per heavy atom. The standard InChI is InChI=1S/C16H17NO3/c1-13-4-2-6-15(12-13)20-11-10-17-9-3-5-14(17)7-8-16(18)19/h2-9,12H,10-11H2,1H3,(H,18,19)/b8-7+. The molecule has 2 rings (SSSR count). The molecular weight excluding hydrogens is 254 g/mol. The van der Waals surface area contributed by atoms with Crippen LogP contribution in [0.3, 0.4) is 0 Å². The van der Waals surface area contributed by atoms with Gasteiger partial charge < -0.3 is 14.4 Å². The van der Waals surface area contributed by atoms with Gasteiger partial charge in [-0.3, -0.25) is 0 Å². The predicted octanol–water partition coefficient (Wildman–Crippen LogP) is 2.97. The zero-order valence-electron chi connectivity index (χ0n) is 11.3. The second-order valence-electron chi connectivity index (χ2n) is 4.46. The molecule has 0 spiro atoms. The Bertz CT molecular complexity index is 614.